The summed E-state index contributed by atoms with van der Waals surface area (Å²) in [6.45, 7) is 0.879. The van der Waals surface area contributed by atoms with Gasteiger partial charge in [0.2, 0.25) is 0 Å². The van der Waals surface area contributed by atoms with Gasteiger partial charge in [0, 0.05) is 6.21 Å². The molecule has 2 aliphatic rings. The summed E-state index contributed by atoms with van der Waals surface area (Å²) in [5.74, 6) is 1.03. The Morgan fingerprint density at radius 2 is 2.14 bits per heavy atom. The molecule has 0 N–H and O–H groups in total. The number of nitrogens with zero attached hydrogens (tertiary/aromatic N) is 2. The zero-order chi connectivity index (χ0) is 9.38. The first-order valence-electron chi connectivity index (χ1n) is 4.72. The van der Waals surface area contributed by atoms with E-state index in [1.165, 1.54) is 11.3 Å². The lowest BCUT2D eigenvalue weighted by molar-refractivity contribution is 1.08. The van der Waals surface area contributed by atoms with Gasteiger partial charge in [-0.2, -0.15) is 0 Å². The van der Waals surface area contributed by atoms with Gasteiger partial charge in [-0.15, -0.1) is 0 Å². The van der Waals surface area contributed by atoms with Gasteiger partial charge < -0.3 is 4.90 Å². The maximum absolute atomic E-state index is 4.33. The van der Waals surface area contributed by atoms with Crippen molar-refractivity contribution in [3.8, 4) is 0 Å². The van der Waals surface area contributed by atoms with E-state index in [4.69, 9.17) is 0 Å². The maximum Gasteiger partial charge on any atom is 0.132 e. The number of aliphatic imine (C=N–C) groups is 1. The van der Waals surface area contributed by atoms with Crippen molar-refractivity contribution < 1.29 is 0 Å². The normalized spacial score (nSPS) is 17.4. The molecule has 0 fully saturated rings. The van der Waals surface area contributed by atoms with Crippen LogP contribution in [0.2, 0.25) is 0 Å². The average molecular weight is 182 g/mol. The SMILES string of the molecule is C1=Cc2ccccc2N2CC=NC2=C1. The second kappa shape index (κ2) is 2.84. The quantitative estimate of drug-likeness (QED) is 0.601. The molecule has 0 amide bonds. The predicted octanol–water partition coefficient (Wildman–Crippen LogP) is 2.45. The number of fused-ring (bicyclic) bond motifs is 3. The van der Waals surface area contributed by atoms with Crippen molar-refractivity contribution in [1.29, 1.82) is 0 Å². The molecule has 0 saturated carbocycles. The third kappa shape index (κ3) is 1.01. The van der Waals surface area contributed by atoms with Gasteiger partial charge in [0.25, 0.3) is 0 Å². The summed E-state index contributed by atoms with van der Waals surface area (Å²) >= 11 is 0. The van der Waals surface area contributed by atoms with E-state index in [1.54, 1.807) is 0 Å². The molecule has 3 rings (SSSR count). The topological polar surface area (TPSA) is 15.6 Å². The molecule has 0 aliphatic carbocycles. The smallest absolute Gasteiger partial charge is 0.132 e. The molecule has 0 atom stereocenters. The third-order valence-electron chi connectivity index (χ3n) is 2.51. The average Bonchev–Trinajstić information content (AvgIpc) is 2.61. The van der Waals surface area contributed by atoms with E-state index < -0.39 is 0 Å². The summed E-state index contributed by atoms with van der Waals surface area (Å²) in [6, 6.07) is 8.38. The van der Waals surface area contributed by atoms with Gasteiger partial charge in [-0.3, -0.25) is 0 Å². The van der Waals surface area contributed by atoms with E-state index in [1.807, 2.05) is 12.3 Å². The molecule has 0 unspecified atom stereocenters. The fraction of sp³-hybridized carbons (Fsp3) is 0.0833. The van der Waals surface area contributed by atoms with Crippen molar-refractivity contribution in [2.24, 2.45) is 4.99 Å². The van der Waals surface area contributed by atoms with E-state index in [2.05, 4.69) is 46.3 Å². The van der Waals surface area contributed by atoms with Crippen molar-refractivity contribution in [3.05, 3.63) is 47.8 Å². The van der Waals surface area contributed by atoms with Gasteiger partial charge in [-0.05, 0) is 17.7 Å². The van der Waals surface area contributed by atoms with E-state index in [0.717, 1.165) is 12.4 Å². The third-order valence-corrected chi connectivity index (χ3v) is 2.51. The van der Waals surface area contributed by atoms with E-state index in [-0.39, 0.29) is 0 Å². The molecular weight excluding hydrogens is 172 g/mol. The highest BCUT2D eigenvalue weighted by Gasteiger charge is 2.17. The fourth-order valence-electron chi connectivity index (χ4n) is 1.85. The van der Waals surface area contributed by atoms with Crippen LogP contribution in [-0.2, 0) is 0 Å². The number of benzene rings is 1. The first-order chi connectivity index (χ1) is 6.95. The second-order valence-corrected chi connectivity index (χ2v) is 3.37. The van der Waals surface area contributed by atoms with Crippen molar-refractivity contribution >= 4 is 18.0 Å². The lowest BCUT2D eigenvalue weighted by Gasteiger charge is -2.19. The molecule has 14 heavy (non-hydrogen) atoms. The Balaban J connectivity index is 2.20. The molecule has 2 aliphatic heterocycles. The Labute approximate surface area is 82.9 Å². The van der Waals surface area contributed by atoms with E-state index in [9.17, 15) is 0 Å². The molecule has 1 aromatic carbocycles. The first kappa shape index (κ1) is 7.56. The van der Waals surface area contributed by atoms with Crippen LogP contribution >= 0.6 is 0 Å². The molecular formula is C12H10N2. The van der Waals surface area contributed by atoms with Crippen LogP contribution in [0.4, 0.5) is 5.69 Å². The lowest BCUT2D eigenvalue weighted by atomic mass is 10.1. The van der Waals surface area contributed by atoms with Gasteiger partial charge in [-0.25, -0.2) is 4.99 Å². The van der Waals surface area contributed by atoms with Crippen molar-refractivity contribution in [3.63, 3.8) is 0 Å². The molecule has 2 heteroatoms. The predicted molar refractivity (Wildman–Crippen MR) is 59.4 cm³/mol. The highest BCUT2D eigenvalue weighted by atomic mass is 15.3. The van der Waals surface area contributed by atoms with Crippen LogP contribution in [0, 0.1) is 0 Å². The molecule has 2 heterocycles. The number of para-hydroxylation sites is 1. The fourth-order valence-corrected chi connectivity index (χ4v) is 1.85. The molecule has 68 valence electrons. The van der Waals surface area contributed by atoms with Gasteiger partial charge in [0.15, 0.2) is 0 Å². The Bertz CT molecular complexity index is 455. The van der Waals surface area contributed by atoms with Gasteiger partial charge >= 0.3 is 0 Å². The summed E-state index contributed by atoms with van der Waals surface area (Å²) < 4.78 is 0. The molecule has 0 bridgehead atoms. The summed E-state index contributed by atoms with van der Waals surface area (Å²) in [6.07, 6.45) is 8.16. The van der Waals surface area contributed by atoms with E-state index >= 15 is 0 Å². The van der Waals surface area contributed by atoms with Crippen LogP contribution in [0.1, 0.15) is 5.56 Å². The van der Waals surface area contributed by atoms with Crippen molar-refractivity contribution in [2.45, 2.75) is 0 Å². The molecule has 1 aromatic rings. The van der Waals surface area contributed by atoms with Crippen LogP contribution < -0.4 is 4.90 Å². The van der Waals surface area contributed by atoms with Crippen molar-refractivity contribution in [2.75, 3.05) is 11.4 Å². The summed E-state index contributed by atoms with van der Waals surface area (Å²) in [5, 5.41) is 0. The standard InChI is InChI=1S/C12H10N2/c1-2-6-11-10(4-1)5-3-7-12-13-8-9-14(11)12/h1-8H,9H2. The van der Waals surface area contributed by atoms with Crippen LogP contribution in [-0.4, -0.2) is 12.8 Å². The van der Waals surface area contributed by atoms with Gasteiger partial charge in [-0.1, -0.05) is 30.4 Å². The maximum atomic E-state index is 4.33. The van der Waals surface area contributed by atoms with Crippen LogP contribution in [0.15, 0.2) is 47.2 Å². The molecule has 0 saturated heterocycles. The molecule has 0 aromatic heterocycles. The Kier molecular flexibility index (Phi) is 1.53. The minimum Gasteiger partial charge on any atom is -0.320 e. The largest absolute Gasteiger partial charge is 0.320 e. The highest BCUT2D eigenvalue weighted by molar-refractivity contribution is 5.81. The number of allylic oxidation sites excluding steroid dienone is 2. The van der Waals surface area contributed by atoms with Gasteiger partial charge in [0.05, 0.1) is 12.2 Å². The number of anilines is 1. The van der Waals surface area contributed by atoms with Crippen molar-refractivity contribution in [1.82, 2.24) is 0 Å². The first-order valence-corrected chi connectivity index (χ1v) is 4.72. The Hall–Kier alpha value is -1.83. The molecule has 2 nitrogen and oxygen atoms in total. The molecule has 0 radical (unpaired) electrons. The number of hydrogen-bond acceptors (Lipinski definition) is 2. The number of rotatable bonds is 0. The zero-order valence-corrected chi connectivity index (χ0v) is 7.72. The number of hydrogen-bond donors (Lipinski definition) is 0. The zero-order valence-electron chi connectivity index (χ0n) is 7.72. The minimum absolute atomic E-state index is 0.879. The summed E-state index contributed by atoms with van der Waals surface area (Å²) in [4.78, 5) is 6.54. The Morgan fingerprint density at radius 1 is 1.21 bits per heavy atom. The molecule has 0 spiro atoms. The second-order valence-electron chi connectivity index (χ2n) is 3.37. The van der Waals surface area contributed by atoms with E-state index in [0.29, 0.717) is 0 Å². The minimum atomic E-state index is 0.879. The summed E-state index contributed by atoms with van der Waals surface area (Å²) in [7, 11) is 0. The van der Waals surface area contributed by atoms with Crippen LogP contribution in [0.3, 0.4) is 0 Å². The van der Waals surface area contributed by atoms with Gasteiger partial charge in [0.1, 0.15) is 5.82 Å². The Morgan fingerprint density at radius 3 is 3.14 bits per heavy atom. The highest BCUT2D eigenvalue weighted by Crippen LogP contribution is 2.29. The van der Waals surface area contributed by atoms with Crippen LogP contribution in [0.25, 0.3) is 6.08 Å². The monoisotopic (exact) mass is 182 g/mol. The van der Waals surface area contributed by atoms with Crippen LogP contribution in [0.5, 0.6) is 0 Å². The lowest BCUT2D eigenvalue weighted by Crippen LogP contribution is -2.18. The summed E-state index contributed by atoms with van der Waals surface area (Å²) in [5.41, 5.74) is 2.49.